The van der Waals surface area contributed by atoms with E-state index in [4.69, 9.17) is 11.6 Å². The highest BCUT2D eigenvalue weighted by molar-refractivity contribution is 6.30. The number of rotatable bonds is 5. The number of carbonyl (C=O) groups excluding carboxylic acids is 1. The molecule has 1 aromatic carbocycles. The van der Waals surface area contributed by atoms with Crippen LogP contribution in [0.4, 0.5) is 0 Å². The van der Waals surface area contributed by atoms with Crippen LogP contribution in [0.3, 0.4) is 0 Å². The molecule has 0 aromatic heterocycles. The van der Waals surface area contributed by atoms with Gasteiger partial charge in [0, 0.05) is 36.5 Å². The Kier molecular flexibility index (Phi) is 6.27. The van der Waals surface area contributed by atoms with Crippen molar-refractivity contribution >= 4 is 17.5 Å². The molecule has 1 amide bonds. The number of benzene rings is 1. The summed E-state index contributed by atoms with van der Waals surface area (Å²) in [7, 11) is 4.25. The molecule has 1 saturated heterocycles. The molecule has 0 radical (unpaired) electrons. The van der Waals surface area contributed by atoms with Crippen molar-refractivity contribution in [3.8, 4) is 0 Å². The third kappa shape index (κ3) is 4.23. The second-order valence-electron chi connectivity index (χ2n) is 6.42. The Morgan fingerprint density at radius 1 is 1.32 bits per heavy atom. The maximum absolute atomic E-state index is 12.4. The van der Waals surface area contributed by atoms with Crippen LogP contribution in [0.15, 0.2) is 24.3 Å². The summed E-state index contributed by atoms with van der Waals surface area (Å²) in [5.74, 6) is 0.657. The Labute approximate surface area is 139 Å². The summed E-state index contributed by atoms with van der Waals surface area (Å²) >= 11 is 6.01. The lowest BCUT2D eigenvalue weighted by Crippen LogP contribution is -2.49. The molecule has 0 spiro atoms. The van der Waals surface area contributed by atoms with Gasteiger partial charge in [0.15, 0.2) is 0 Å². The highest BCUT2D eigenvalue weighted by Crippen LogP contribution is 2.31. The van der Waals surface area contributed by atoms with E-state index >= 15 is 0 Å². The molecule has 2 atom stereocenters. The largest absolute Gasteiger partial charge is 0.342 e. The van der Waals surface area contributed by atoms with Gasteiger partial charge >= 0.3 is 0 Å². The van der Waals surface area contributed by atoms with Crippen LogP contribution in [0.5, 0.6) is 0 Å². The molecule has 2 unspecified atom stereocenters. The Hall–Kier alpha value is -1.06. The van der Waals surface area contributed by atoms with Gasteiger partial charge in [0.25, 0.3) is 0 Å². The van der Waals surface area contributed by atoms with Crippen LogP contribution in [-0.2, 0) is 4.79 Å². The van der Waals surface area contributed by atoms with Crippen molar-refractivity contribution in [2.24, 2.45) is 0 Å². The van der Waals surface area contributed by atoms with Crippen LogP contribution in [0, 0.1) is 0 Å². The van der Waals surface area contributed by atoms with Crippen molar-refractivity contribution in [2.75, 3.05) is 27.2 Å². The lowest BCUT2D eigenvalue weighted by Gasteiger charge is -2.42. The number of halogens is 1. The van der Waals surface area contributed by atoms with Gasteiger partial charge in [0.05, 0.1) is 0 Å². The van der Waals surface area contributed by atoms with Gasteiger partial charge in [0.1, 0.15) is 0 Å². The fourth-order valence-corrected chi connectivity index (χ4v) is 3.43. The van der Waals surface area contributed by atoms with Gasteiger partial charge in [-0.15, -0.1) is 0 Å². The molecule has 4 heteroatoms. The summed E-state index contributed by atoms with van der Waals surface area (Å²) in [6, 6.07) is 8.56. The van der Waals surface area contributed by atoms with Crippen molar-refractivity contribution in [1.29, 1.82) is 0 Å². The second-order valence-corrected chi connectivity index (χ2v) is 6.86. The highest BCUT2D eigenvalue weighted by atomic mass is 35.5. The predicted octanol–water partition coefficient (Wildman–Crippen LogP) is 3.78. The lowest BCUT2D eigenvalue weighted by atomic mass is 9.85. The molecular formula is C18H27ClN2O. The van der Waals surface area contributed by atoms with Gasteiger partial charge in [-0.05, 0) is 44.6 Å². The Morgan fingerprint density at radius 3 is 2.59 bits per heavy atom. The molecule has 1 heterocycles. The molecule has 0 aliphatic carbocycles. The molecule has 3 nitrogen and oxygen atoms in total. The van der Waals surface area contributed by atoms with Crippen LogP contribution in [0.1, 0.15) is 44.1 Å². The van der Waals surface area contributed by atoms with Crippen molar-refractivity contribution in [1.82, 2.24) is 9.80 Å². The average Bonchev–Trinajstić information content (AvgIpc) is 2.52. The van der Waals surface area contributed by atoms with Crippen LogP contribution >= 0.6 is 11.6 Å². The normalized spacial score (nSPS) is 22.1. The summed E-state index contributed by atoms with van der Waals surface area (Å²) < 4.78 is 0. The molecule has 1 aromatic rings. The minimum Gasteiger partial charge on any atom is -0.342 e. The number of likely N-dealkylation sites (N-methyl/N-ethyl adjacent to an activating group) is 1. The minimum atomic E-state index is 0.304. The smallest absolute Gasteiger partial charge is 0.222 e. The Balaban J connectivity index is 2.14. The van der Waals surface area contributed by atoms with Gasteiger partial charge in [-0.2, -0.15) is 0 Å². The first-order valence-electron chi connectivity index (χ1n) is 8.22. The lowest BCUT2D eigenvalue weighted by molar-refractivity contribution is -0.133. The van der Waals surface area contributed by atoms with E-state index in [9.17, 15) is 4.79 Å². The predicted molar refractivity (Wildman–Crippen MR) is 92.4 cm³/mol. The number of unbranched alkanes of at least 4 members (excludes halogenated alkanes) is 1. The van der Waals surface area contributed by atoms with Gasteiger partial charge in [0.2, 0.25) is 5.91 Å². The van der Waals surface area contributed by atoms with E-state index in [1.54, 1.807) is 0 Å². The third-order valence-corrected chi connectivity index (χ3v) is 4.89. The van der Waals surface area contributed by atoms with Crippen molar-refractivity contribution < 1.29 is 4.79 Å². The molecule has 2 rings (SSSR count). The van der Waals surface area contributed by atoms with Crippen molar-refractivity contribution in [3.05, 3.63) is 34.9 Å². The molecule has 1 fully saturated rings. The molecule has 0 bridgehead atoms. The standard InChI is InChI=1S/C18H27ClN2O/c1-4-5-6-18(22)21-12-11-17(20(2)3)16(13-21)14-7-9-15(19)10-8-14/h7-10,16-17H,4-6,11-13H2,1-3H3. The number of piperidine rings is 1. The molecule has 122 valence electrons. The number of nitrogens with zero attached hydrogens (tertiary/aromatic N) is 2. The van der Waals surface area contributed by atoms with Crippen LogP contribution in [0.2, 0.25) is 5.02 Å². The quantitative estimate of drug-likeness (QED) is 0.823. The van der Waals surface area contributed by atoms with Crippen LogP contribution in [0.25, 0.3) is 0 Å². The molecule has 1 aliphatic heterocycles. The number of hydrogen-bond donors (Lipinski definition) is 0. The minimum absolute atomic E-state index is 0.304. The summed E-state index contributed by atoms with van der Waals surface area (Å²) in [4.78, 5) is 16.7. The van der Waals surface area contributed by atoms with Crippen LogP contribution in [-0.4, -0.2) is 48.9 Å². The van der Waals surface area contributed by atoms with Crippen LogP contribution < -0.4 is 0 Å². The van der Waals surface area contributed by atoms with Gasteiger partial charge in [-0.3, -0.25) is 4.79 Å². The van der Waals surface area contributed by atoms with E-state index in [1.165, 1.54) is 5.56 Å². The van der Waals surface area contributed by atoms with E-state index in [2.05, 4.69) is 43.0 Å². The fraction of sp³-hybridized carbons (Fsp3) is 0.611. The van der Waals surface area contributed by atoms with E-state index in [0.717, 1.165) is 37.4 Å². The van der Waals surface area contributed by atoms with Crippen molar-refractivity contribution in [2.45, 2.75) is 44.6 Å². The molecular weight excluding hydrogens is 296 g/mol. The summed E-state index contributed by atoms with van der Waals surface area (Å²) in [6.07, 6.45) is 3.76. The molecule has 0 saturated carbocycles. The Bertz CT molecular complexity index is 486. The topological polar surface area (TPSA) is 23.6 Å². The summed E-state index contributed by atoms with van der Waals surface area (Å²) in [5.41, 5.74) is 1.27. The monoisotopic (exact) mass is 322 g/mol. The molecule has 1 aliphatic rings. The number of likely N-dealkylation sites (tertiary alicyclic amines) is 1. The van der Waals surface area contributed by atoms with E-state index < -0.39 is 0 Å². The van der Waals surface area contributed by atoms with E-state index in [1.807, 2.05) is 12.1 Å². The van der Waals surface area contributed by atoms with E-state index in [0.29, 0.717) is 24.3 Å². The zero-order chi connectivity index (χ0) is 16.1. The number of carbonyl (C=O) groups is 1. The molecule has 22 heavy (non-hydrogen) atoms. The molecule has 0 N–H and O–H groups in total. The van der Waals surface area contributed by atoms with E-state index in [-0.39, 0.29) is 0 Å². The van der Waals surface area contributed by atoms with Crippen molar-refractivity contribution in [3.63, 3.8) is 0 Å². The first kappa shape index (κ1) is 17.3. The third-order valence-electron chi connectivity index (χ3n) is 4.63. The zero-order valence-corrected chi connectivity index (χ0v) is 14.6. The summed E-state index contributed by atoms with van der Waals surface area (Å²) in [6.45, 7) is 3.81. The SMILES string of the molecule is CCCCC(=O)N1CCC(N(C)C)C(c2ccc(Cl)cc2)C1. The summed E-state index contributed by atoms with van der Waals surface area (Å²) in [5, 5.41) is 0.761. The fourth-order valence-electron chi connectivity index (χ4n) is 3.31. The number of amides is 1. The first-order chi connectivity index (χ1) is 10.5. The van der Waals surface area contributed by atoms with Gasteiger partial charge < -0.3 is 9.80 Å². The van der Waals surface area contributed by atoms with Gasteiger partial charge in [-0.25, -0.2) is 0 Å². The Morgan fingerprint density at radius 2 is 2.00 bits per heavy atom. The average molecular weight is 323 g/mol. The first-order valence-corrected chi connectivity index (χ1v) is 8.60. The zero-order valence-electron chi connectivity index (χ0n) is 13.9. The van der Waals surface area contributed by atoms with Gasteiger partial charge in [-0.1, -0.05) is 37.1 Å². The highest BCUT2D eigenvalue weighted by Gasteiger charge is 2.33. The maximum atomic E-state index is 12.4. The maximum Gasteiger partial charge on any atom is 0.222 e. The second kappa shape index (κ2) is 7.98. The number of hydrogen-bond acceptors (Lipinski definition) is 2.